The van der Waals surface area contributed by atoms with Gasteiger partial charge in [0.1, 0.15) is 5.82 Å². The minimum atomic E-state index is -0.651. The first-order chi connectivity index (χ1) is 9.72. The summed E-state index contributed by atoms with van der Waals surface area (Å²) in [5.41, 5.74) is 2.49. The molecule has 0 radical (unpaired) electrons. The van der Waals surface area contributed by atoms with E-state index in [2.05, 4.69) is 4.98 Å². The van der Waals surface area contributed by atoms with Gasteiger partial charge in [-0.2, -0.15) is 0 Å². The molecule has 1 heterocycles. The second-order valence-electron chi connectivity index (χ2n) is 4.81. The summed E-state index contributed by atoms with van der Waals surface area (Å²) in [6, 6.07) is 15.8. The highest BCUT2D eigenvalue weighted by Gasteiger charge is 2.10. The lowest BCUT2D eigenvalue weighted by Gasteiger charge is -2.12. The van der Waals surface area contributed by atoms with E-state index in [1.165, 1.54) is 12.1 Å². The molecule has 3 heteroatoms. The number of nitrogens with zero attached hydrogens (tertiary/aromatic N) is 1. The van der Waals surface area contributed by atoms with Gasteiger partial charge in [-0.1, -0.05) is 24.3 Å². The Morgan fingerprint density at radius 3 is 2.80 bits per heavy atom. The molecule has 2 nitrogen and oxygen atoms in total. The summed E-state index contributed by atoms with van der Waals surface area (Å²) in [4.78, 5) is 4.25. The van der Waals surface area contributed by atoms with Crippen LogP contribution in [-0.2, 0) is 6.42 Å². The minimum absolute atomic E-state index is 0.280. The van der Waals surface area contributed by atoms with Crippen LogP contribution in [0.3, 0.4) is 0 Å². The van der Waals surface area contributed by atoms with Crippen LogP contribution in [0.2, 0.25) is 0 Å². The molecule has 3 rings (SSSR count). The normalized spacial score (nSPS) is 12.5. The molecular weight excluding hydrogens is 253 g/mol. The number of aliphatic hydroxyl groups is 1. The number of hydrogen-bond acceptors (Lipinski definition) is 2. The summed E-state index contributed by atoms with van der Waals surface area (Å²) in [7, 11) is 0. The van der Waals surface area contributed by atoms with Gasteiger partial charge >= 0.3 is 0 Å². The van der Waals surface area contributed by atoms with Crippen LogP contribution < -0.4 is 0 Å². The number of rotatable bonds is 3. The Hall–Kier alpha value is -2.26. The Balaban J connectivity index is 1.86. The van der Waals surface area contributed by atoms with Crippen molar-refractivity contribution in [1.29, 1.82) is 0 Å². The molecule has 20 heavy (non-hydrogen) atoms. The molecule has 0 saturated heterocycles. The monoisotopic (exact) mass is 267 g/mol. The van der Waals surface area contributed by atoms with Crippen molar-refractivity contribution in [3.8, 4) is 0 Å². The van der Waals surface area contributed by atoms with Crippen molar-refractivity contribution in [1.82, 2.24) is 4.98 Å². The van der Waals surface area contributed by atoms with Crippen molar-refractivity contribution in [3.63, 3.8) is 0 Å². The standard InChI is InChI=1S/C17H14FNO/c18-15-5-1-3-12(9-15)10-17(20)14-6-7-16-13(11-14)4-2-8-19-16/h1-9,11,17,20H,10H2. The number of halogens is 1. The van der Waals surface area contributed by atoms with Crippen molar-refractivity contribution >= 4 is 10.9 Å². The number of pyridine rings is 1. The van der Waals surface area contributed by atoms with Gasteiger partial charge in [-0.15, -0.1) is 0 Å². The third-order valence-electron chi connectivity index (χ3n) is 3.33. The fourth-order valence-corrected chi connectivity index (χ4v) is 2.31. The van der Waals surface area contributed by atoms with E-state index >= 15 is 0 Å². The number of aromatic nitrogens is 1. The SMILES string of the molecule is OC(Cc1cccc(F)c1)c1ccc2ncccc2c1. The van der Waals surface area contributed by atoms with Crippen LogP contribution >= 0.6 is 0 Å². The molecule has 0 aliphatic heterocycles. The molecule has 0 amide bonds. The maximum absolute atomic E-state index is 13.1. The molecule has 1 unspecified atom stereocenters. The van der Waals surface area contributed by atoms with Gasteiger partial charge in [-0.3, -0.25) is 4.98 Å². The van der Waals surface area contributed by atoms with Crippen LogP contribution in [0.25, 0.3) is 10.9 Å². The second-order valence-corrected chi connectivity index (χ2v) is 4.81. The van der Waals surface area contributed by atoms with Crippen LogP contribution in [0.5, 0.6) is 0 Å². The van der Waals surface area contributed by atoms with E-state index in [1.807, 2.05) is 36.4 Å². The molecule has 0 spiro atoms. The third kappa shape index (κ3) is 2.68. The molecule has 2 aromatic carbocycles. The first-order valence-electron chi connectivity index (χ1n) is 6.49. The molecule has 100 valence electrons. The summed E-state index contributed by atoms with van der Waals surface area (Å²) in [5.74, 6) is -0.280. The number of fused-ring (bicyclic) bond motifs is 1. The van der Waals surface area contributed by atoms with Gasteiger partial charge in [0.05, 0.1) is 11.6 Å². The van der Waals surface area contributed by atoms with Crippen molar-refractivity contribution in [2.24, 2.45) is 0 Å². The smallest absolute Gasteiger partial charge is 0.123 e. The predicted octanol–water partition coefficient (Wildman–Crippen LogP) is 3.65. The number of aliphatic hydroxyl groups excluding tert-OH is 1. The van der Waals surface area contributed by atoms with Gasteiger partial charge < -0.3 is 5.11 Å². The largest absolute Gasteiger partial charge is 0.388 e. The Kier molecular flexibility index (Phi) is 3.44. The van der Waals surface area contributed by atoms with Crippen LogP contribution in [0.1, 0.15) is 17.2 Å². The van der Waals surface area contributed by atoms with Crippen molar-refractivity contribution in [2.45, 2.75) is 12.5 Å². The first-order valence-corrected chi connectivity index (χ1v) is 6.49. The van der Waals surface area contributed by atoms with E-state index in [0.717, 1.165) is 22.0 Å². The zero-order valence-electron chi connectivity index (χ0n) is 10.8. The van der Waals surface area contributed by atoms with Gasteiger partial charge in [0, 0.05) is 18.0 Å². The lowest BCUT2D eigenvalue weighted by molar-refractivity contribution is 0.178. The summed E-state index contributed by atoms with van der Waals surface area (Å²) in [6.07, 6.45) is 1.48. The Morgan fingerprint density at radius 2 is 1.95 bits per heavy atom. The fourth-order valence-electron chi connectivity index (χ4n) is 2.31. The zero-order valence-corrected chi connectivity index (χ0v) is 10.8. The molecule has 0 bridgehead atoms. The van der Waals surface area contributed by atoms with Gasteiger partial charge in [0.15, 0.2) is 0 Å². The highest BCUT2D eigenvalue weighted by Crippen LogP contribution is 2.22. The van der Waals surface area contributed by atoms with Gasteiger partial charge in [-0.25, -0.2) is 4.39 Å². The second kappa shape index (κ2) is 5.39. The van der Waals surface area contributed by atoms with E-state index in [4.69, 9.17) is 0 Å². The average Bonchev–Trinajstić information content (AvgIpc) is 2.47. The topological polar surface area (TPSA) is 33.1 Å². The first kappa shape index (κ1) is 12.8. The van der Waals surface area contributed by atoms with E-state index in [9.17, 15) is 9.50 Å². The Morgan fingerprint density at radius 1 is 1.05 bits per heavy atom. The van der Waals surface area contributed by atoms with Crippen LogP contribution in [0.15, 0.2) is 60.8 Å². The summed E-state index contributed by atoms with van der Waals surface area (Å²) in [6.45, 7) is 0. The van der Waals surface area contributed by atoms with Crippen LogP contribution in [-0.4, -0.2) is 10.1 Å². The number of hydrogen-bond donors (Lipinski definition) is 1. The summed E-state index contributed by atoms with van der Waals surface area (Å²) < 4.78 is 13.1. The maximum Gasteiger partial charge on any atom is 0.123 e. The van der Waals surface area contributed by atoms with E-state index in [-0.39, 0.29) is 5.82 Å². The summed E-state index contributed by atoms with van der Waals surface area (Å²) >= 11 is 0. The van der Waals surface area contributed by atoms with Gasteiger partial charge in [0.2, 0.25) is 0 Å². The van der Waals surface area contributed by atoms with E-state index in [0.29, 0.717) is 6.42 Å². The predicted molar refractivity (Wildman–Crippen MR) is 76.8 cm³/mol. The van der Waals surface area contributed by atoms with Gasteiger partial charge in [-0.05, 0) is 41.5 Å². The lowest BCUT2D eigenvalue weighted by atomic mass is 10.00. The molecule has 3 aromatic rings. The summed E-state index contributed by atoms with van der Waals surface area (Å²) in [5, 5.41) is 11.3. The fraction of sp³-hybridized carbons (Fsp3) is 0.118. The zero-order chi connectivity index (χ0) is 13.9. The quantitative estimate of drug-likeness (QED) is 0.785. The van der Waals surface area contributed by atoms with Crippen LogP contribution in [0, 0.1) is 5.82 Å². The molecule has 0 saturated carbocycles. The van der Waals surface area contributed by atoms with Gasteiger partial charge in [0.25, 0.3) is 0 Å². The van der Waals surface area contributed by atoms with Crippen molar-refractivity contribution in [2.75, 3.05) is 0 Å². The van der Waals surface area contributed by atoms with E-state index in [1.54, 1.807) is 12.3 Å². The maximum atomic E-state index is 13.1. The molecule has 1 N–H and O–H groups in total. The van der Waals surface area contributed by atoms with Crippen molar-refractivity contribution < 1.29 is 9.50 Å². The van der Waals surface area contributed by atoms with Crippen molar-refractivity contribution in [3.05, 3.63) is 77.7 Å². The minimum Gasteiger partial charge on any atom is -0.388 e. The Bertz CT molecular complexity index is 742. The lowest BCUT2D eigenvalue weighted by Crippen LogP contribution is -2.02. The Labute approximate surface area is 116 Å². The van der Waals surface area contributed by atoms with Crippen LogP contribution in [0.4, 0.5) is 4.39 Å². The third-order valence-corrected chi connectivity index (χ3v) is 3.33. The highest BCUT2D eigenvalue weighted by atomic mass is 19.1. The molecule has 0 fully saturated rings. The molecular formula is C17H14FNO. The molecule has 1 aromatic heterocycles. The average molecular weight is 267 g/mol. The molecule has 1 atom stereocenters. The number of benzene rings is 2. The highest BCUT2D eigenvalue weighted by molar-refractivity contribution is 5.79. The molecule has 0 aliphatic rings. The molecule has 0 aliphatic carbocycles. The van der Waals surface area contributed by atoms with E-state index < -0.39 is 6.10 Å².